The van der Waals surface area contributed by atoms with Gasteiger partial charge < -0.3 is 50.4 Å². The Bertz CT molecular complexity index is 2890. The lowest BCUT2D eigenvalue weighted by Crippen LogP contribution is -2.36. The smallest absolute Gasteiger partial charge is 0.250 e. The summed E-state index contributed by atoms with van der Waals surface area (Å²) in [6, 6.07) is 30.1. The van der Waals surface area contributed by atoms with Crippen molar-refractivity contribution in [1.82, 2.24) is 0 Å². The highest BCUT2D eigenvalue weighted by Crippen LogP contribution is 2.37. The van der Waals surface area contributed by atoms with E-state index in [0.29, 0.717) is 98.7 Å². The lowest BCUT2D eigenvalue weighted by Gasteiger charge is -2.30. The van der Waals surface area contributed by atoms with Gasteiger partial charge in [0, 0.05) is 64.1 Å². The number of nitrogen functional groups attached to an aromatic ring is 4. The van der Waals surface area contributed by atoms with E-state index in [0.717, 1.165) is 34.1 Å². The largest absolute Gasteiger partial charge is 0.399 e. The second-order valence-corrected chi connectivity index (χ2v) is 15.7. The quantitative estimate of drug-likeness (QED) is 0.0501. The predicted molar refractivity (Wildman–Crippen MR) is 263 cm³/mol. The Morgan fingerprint density at radius 1 is 0.562 bits per heavy atom. The van der Waals surface area contributed by atoms with Gasteiger partial charge in [-0.2, -0.15) is 4.99 Å². The Labute approximate surface area is 369 Å². The molecule has 1 unspecified atom stereocenters. The maximum atomic E-state index is 9.10. The Balaban J connectivity index is 1.24. The predicted octanol–water partition coefficient (Wildman–Crippen LogP) is 6.79. The number of hydrogen-bond acceptors (Lipinski definition) is 16. The molecule has 316 valence electrons. The Morgan fingerprint density at radius 3 is 1.75 bits per heavy atom. The van der Waals surface area contributed by atoms with Crippen molar-refractivity contribution < 1.29 is 0 Å². The SMILES string of the molecule is N=C1C=C(N)C2=NC3=C(Nc4ccc(N)cc4)C[C+](Nc4ccc(N)cc4)C(=C3)N=C3[CH+]C(=NC4=C(Nc5ccc(N)cc5)CC(Nc5ccc(N)cc5)C(=NC1=C2)C4)C(N)=CC3=N. The van der Waals surface area contributed by atoms with Crippen LogP contribution in [0, 0.1) is 23.3 Å². The zero-order valence-corrected chi connectivity index (χ0v) is 34.6. The average molecular weight is 847 g/mol. The van der Waals surface area contributed by atoms with Gasteiger partial charge in [0.2, 0.25) is 5.71 Å². The van der Waals surface area contributed by atoms with E-state index in [1.807, 2.05) is 103 Å². The number of anilines is 8. The van der Waals surface area contributed by atoms with E-state index in [2.05, 4.69) is 21.3 Å². The number of benzene rings is 4. The molecule has 4 aromatic carbocycles. The summed E-state index contributed by atoms with van der Waals surface area (Å²) < 4.78 is 0. The van der Waals surface area contributed by atoms with E-state index in [4.69, 9.17) is 65.2 Å². The maximum Gasteiger partial charge on any atom is 0.250 e. The third kappa shape index (κ3) is 8.91. The molecule has 0 amide bonds. The molecule has 16 heteroatoms. The minimum atomic E-state index is -0.363. The molecule has 5 aliphatic rings. The molecule has 1 atom stereocenters. The Morgan fingerprint density at radius 2 is 1.12 bits per heavy atom. The number of hydrogen-bond donors (Lipinski definition) is 12. The minimum Gasteiger partial charge on any atom is -0.399 e. The minimum absolute atomic E-state index is 0.103. The molecule has 1 aliphatic heterocycles. The van der Waals surface area contributed by atoms with Crippen LogP contribution in [0.25, 0.3) is 0 Å². The van der Waals surface area contributed by atoms with Gasteiger partial charge in [0.1, 0.15) is 18.6 Å². The van der Waals surface area contributed by atoms with Crippen LogP contribution in [-0.2, 0) is 0 Å². The third-order valence-electron chi connectivity index (χ3n) is 10.9. The molecule has 1 heterocycles. The van der Waals surface area contributed by atoms with E-state index in [-0.39, 0.29) is 23.9 Å². The normalized spacial score (nSPS) is 18.5. The van der Waals surface area contributed by atoms with Crippen LogP contribution in [0.15, 0.2) is 187 Å². The molecular weight excluding hydrogens is 801 g/mol. The van der Waals surface area contributed by atoms with E-state index in [1.165, 1.54) is 0 Å². The molecule has 0 saturated carbocycles. The molecule has 8 bridgehead atoms. The monoisotopic (exact) mass is 846 g/mol. The van der Waals surface area contributed by atoms with Crippen LogP contribution < -0.4 is 55.7 Å². The molecule has 4 aromatic rings. The number of nitrogens with zero attached hydrogens (tertiary/aromatic N) is 4. The first kappa shape index (κ1) is 40.5. The van der Waals surface area contributed by atoms with Crippen molar-refractivity contribution in [2.45, 2.75) is 25.3 Å². The maximum absolute atomic E-state index is 9.10. The van der Waals surface area contributed by atoms with Crippen molar-refractivity contribution in [3.63, 3.8) is 0 Å². The van der Waals surface area contributed by atoms with Gasteiger partial charge in [0.25, 0.3) is 5.70 Å². The molecule has 0 fully saturated rings. The molecule has 0 spiro atoms. The summed E-state index contributed by atoms with van der Waals surface area (Å²) in [5, 5.41) is 32.5. The fourth-order valence-corrected chi connectivity index (χ4v) is 7.53. The highest BCUT2D eigenvalue weighted by molar-refractivity contribution is 6.56. The number of nitrogens with one attached hydrogen (secondary N) is 6. The summed E-state index contributed by atoms with van der Waals surface area (Å²) in [5.41, 5.74) is 49.5. The number of aliphatic imine (C=N–C) groups is 4. The van der Waals surface area contributed by atoms with Crippen LogP contribution in [0.2, 0.25) is 0 Å². The van der Waals surface area contributed by atoms with E-state index >= 15 is 0 Å². The molecule has 0 aromatic heterocycles. The van der Waals surface area contributed by atoms with E-state index in [9.17, 15) is 0 Å². The van der Waals surface area contributed by atoms with Crippen LogP contribution in [0.4, 0.5) is 45.5 Å². The van der Waals surface area contributed by atoms with Gasteiger partial charge in [-0.25, -0.2) is 15.4 Å². The molecule has 4 aliphatic carbocycles. The lowest BCUT2D eigenvalue weighted by atomic mass is 9.91. The summed E-state index contributed by atoms with van der Waals surface area (Å²) in [5.74, 6) is 0. The second-order valence-electron chi connectivity index (χ2n) is 15.7. The molecule has 0 saturated heterocycles. The average Bonchev–Trinajstić information content (AvgIpc) is 3.26. The highest BCUT2D eigenvalue weighted by atomic mass is 15.0. The van der Waals surface area contributed by atoms with Crippen molar-refractivity contribution >= 4 is 79.8 Å². The van der Waals surface area contributed by atoms with Crippen LogP contribution >= 0.6 is 0 Å². The fourth-order valence-electron chi connectivity index (χ4n) is 7.53. The van der Waals surface area contributed by atoms with Gasteiger partial charge in [-0.15, -0.1) is 0 Å². The van der Waals surface area contributed by atoms with Crippen molar-refractivity contribution in [3.8, 4) is 0 Å². The zero-order valence-electron chi connectivity index (χ0n) is 34.6. The molecule has 18 N–H and O–H groups in total. The first-order chi connectivity index (χ1) is 30.9. The number of fused-ring (bicyclic) bond motifs is 6. The third-order valence-corrected chi connectivity index (χ3v) is 10.9. The Hall–Kier alpha value is -8.92. The van der Waals surface area contributed by atoms with Crippen molar-refractivity contribution in [3.05, 3.63) is 179 Å². The van der Waals surface area contributed by atoms with Gasteiger partial charge in [-0.3, -0.25) is 15.7 Å². The summed E-state index contributed by atoms with van der Waals surface area (Å²) >= 11 is 0. The van der Waals surface area contributed by atoms with Crippen molar-refractivity contribution in [2.24, 2.45) is 31.4 Å². The molecule has 16 nitrogen and oxygen atoms in total. The van der Waals surface area contributed by atoms with Crippen LogP contribution in [-0.4, -0.2) is 40.3 Å². The van der Waals surface area contributed by atoms with E-state index < -0.39 is 0 Å². The zero-order chi connectivity index (χ0) is 44.5. The standard InChI is InChI=1S/C48H46N16/c49-25-1-9-29(10-2-25)57-41-21-42(58-30-11-3-26(50)4-12-30)46-23-45(41)61-37-19-38(34(54)17-33(37)53)63-47-24-48(64-40-20-39(62-46)35(55)18-36(40)56)44(60-32-15-7-28(52)8-16-32)22-43(47)59-31-13-5-27(51)6-14-31/h1-20,23,43,54-55,57-60H,21-22,24,49-53,56H2/q+2. The summed E-state index contributed by atoms with van der Waals surface area (Å²) in [7, 11) is 0. The van der Waals surface area contributed by atoms with E-state index in [1.54, 1.807) is 24.6 Å². The first-order valence-corrected chi connectivity index (χ1v) is 20.4. The molecule has 0 radical (unpaired) electrons. The van der Waals surface area contributed by atoms with Gasteiger partial charge in [-0.05, 0) is 109 Å². The molecule has 64 heavy (non-hydrogen) atoms. The van der Waals surface area contributed by atoms with Gasteiger partial charge >= 0.3 is 0 Å². The van der Waals surface area contributed by atoms with Gasteiger partial charge in [-0.1, -0.05) is 0 Å². The summed E-state index contributed by atoms with van der Waals surface area (Å²) in [6.07, 6.45) is 9.37. The van der Waals surface area contributed by atoms with Gasteiger partial charge in [0.05, 0.1) is 52.4 Å². The van der Waals surface area contributed by atoms with Crippen LogP contribution in [0.1, 0.15) is 19.3 Å². The van der Waals surface area contributed by atoms with Crippen LogP contribution in [0.3, 0.4) is 0 Å². The first-order valence-electron chi connectivity index (χ1n) is 20.4. The lowest BCUT2D eigenvalue weighted by molar-refractivity contribution is 0.821. The molecular formula is C48H46N16+2. The highest BCUT2D eigenvalue weighted by Gasteiger charge is 2.38. The molecule has 9 rings (SSSR count). The fraction of sp³-hybridized carbons (Fsp3) is 0.0833. The topological polar surface area (TPSA) is 301 Å². The Kier molecular flexibility index (Phi) is 10.7. The van der Waals surface area contributed by atoms with Crippen LogP contribution in [0.5, 0.6) is 0 Å². The van der Waals surface area contributed by atoms with Crippen molar-refractivity contribution in [1.29, 1.82) is 10.8 Å². The summed E-state index contributed by atoms with van der Waals surface area (Å²) in [6.45, 7) is 0. The number of nitrogens with two attached hydrogens (primary N) is 6. The second kappa shape index (κ2) is 16.9. The number of allylic oxidation sites excluding steroid dienone is 6. The van der Waals surface area contributed by atoms with Crippen molar-refractivity contribution in [2.75, 3.05) is 44.2 Å². The van der Waals surface area contributed by atoms with Gasteiger partial charge in [0.15, 0.2) is 28.9 Å². The summed E-state index contributed by atoms with van der Waals surface area (Å²) in [4.78, 5) is 20.7. The number of rotatable bonds is 8.